The summed E-state index contributed by atoms with van der Waals surface area (Å²) in [7, 11) is 1.57. The predicted octanol–water partition coefficient (Wildman–Crippen LogP) is 3.60. The second kappa shape index (κ2) is 10.1. The van der Waals surface area contributed by atoms with E-state index in [1.54, 1.807) is 69.0 Å². The molecule has 2 aromatic carbocycles. The van der Waals surface area contributed by atoms with Crippen molar-refractivity contribution >= 4 is 11.9 Å². The van der Waals surface area contributed by atoms with Crippen LogP contribution in [0.1, 0.15) is 35.5 Å². The number of aryl methyl sites for hydroxylation is 1. The van der Waals surface area contributed by atoms with E-state index in [4.69, 9.17) is 9.47 Å². The van der Waals surface area contributed by atoms with Crippen molar-refractivity contribution in [2.45, 2.75) is 33.2 Å². The number of hydrogen-bond acceptors (Lipinski definition) is 5. The first-order chi connectivity index (χ1) is 15.3. The van der Waals surface area contributed by atoms with E-state index >= 15 is 0 Å². The Balaban J connectivity index is 1.89. The van der Waals surface area contributed by atoms with E-state index in [-0.39, 0.29) is 24.8 Å². The molecule has 0 saturated heterocycles. The minimum atomic E-state index is -1.02. The number of nitrogens with one attached hydrogen (secondary N) is 1. The summed E-state index contributed by atoms with van der Waals surface area (Å²) in [4.78, 5) is 25.5. The number of nitrogens with zero attached hydrogens (tertiary/aromatic N) is 2. The molecule has 1 atom stereocenters. The number of methoxy groups -OCH3 is 1. The summed E-state index contributed by atoms with van der Waals surface area (Å²) in [5.41, 5.74) is 3.19. The Bertz CT molecular complexity index is 1090. The molecule has 0 bridgehead atoms. The molecule has 0 spiro atoms. The monoisotopic (exact) mass is 439 g/mol. The van der Waals surface area contributed by atoms with E-state index in [0.29, 0.717) is 28.4 Å². The summed E-state index contributed by atoms with van der Waals surface area (Å²) in [6.07, 6.45) is 0.0874. The first kappa shape index (κ1) is 23.0. The zero-order valence-electron chi connectivity index (χ0n) is 18.5. The summed E-state index contributed by atoms with van der Waals surface area (Å²) >= 11 is 0. The van der Waals surface area contributed by atoms with Crippen molar-refractivity contribution in [2.75, 3.05) is 13.7 Å². The number of ether oxygens (including phenoxy) is 2. The van der Waals surface area contributed by atoms with Crippen LogP contribution in [0.15, 0.2) is 48.5 Å². The second-order valence-corrected chi connectivity index (χ2v) is 7.25. The number of carbonyl (C=O) groups is 2. The maximum Gasteiger partial charge on any atom is 0.333 e. The molecule has 1 N–H and O–H groups in total. The summed E-state index contributed by atoms with van der Waals surface area (Å²) < 4.78 is 25.3. The van der Waals surface area contributed by atoms with Crippen molar-refractivity contribution in [1.29, 1.82) is 0 Å². The molecule has 8 heteroatoms. The zero-order chi connectivity index (χ0) is 23.3. The van der Waals surface area contributed by atoms with E-state index in [1.807, 2.05) is 0 Å². The standard InChI is InChI=1S/C24H26FN3O4/c1-5-32-24(30)23(26-21(29)14-17-6-12-20(31-4)13-7-17)22-15(2)27-28(16(22)3)19-10-8-18(25)9-11-19/h6-13,23H,5,14H2,1-4H3,(H,26,29). The molecule has 0 saturated carbocycles. The smallest absolute Gasteiger partial charge is 0.333 e. The lowest BCUT2D eigenvalue weighted by atomic mass is 10.0. The third kappa shape index (κ3) is 5.14. The van der Waals surface area contributed by atoms with E-state index in [2.05, 4.69) is 10.4 Å². The number of aromatic nitrogens is 2. The van der Waals surface area contributed by atoms with Crippen LogP contribution in [0.25, 0.3) is 5.69 Å². The molecule has 1 aromatic heterocycles. The minimum absolute atomic E-state index is 0.0874. The number of halogens is 1. The SMILES string of the molecule is CCOC(=O)C(NC(=O)Cc1ccc(OC)cc1)c1c(C)nn(-c2ccc(F)cc2)c1C. The van der Waals surface area contributed by atoms with E-state index < -0.39 is 12.0 Å². The van der Waals surface area contributed by atoms with Crippen LogP contribution in [0.3, 0.4) is 0 Å². The molecular formula is C24H26FN3O4. The molecule has 32 heavy (non-hydrogen) atoms. The van der Waals surface area contributed by atoms with Crippen molar-refractivity contribution < 1.29 is 23.5 Å². The Morgan fingerprint density at radius 2 is 1.75 bits per heavy atom. The van der Waals surface area contributed by atoms with Gasteiger partial charge in [0.1, 0.15) is 11.6 Å². The van der Waals surface area contributed by atoms with Gasteiger partial charge in [-0.3, -0.25) is 4.79 Å². The quantitative estimate of drug-likeness (QED) is 0.543. The molecule has 1 unspecified atom stereocenters. The van der Waals surface area contributed by atoms with Gasteiger partial charge in [0.25, 0.3) is 0 Å². The highest BCUT2D eigenvalue weighted by atomic mass is 19.1. The fraction of sp³-hybridized carbons (Fsp3) is 0.292. The van der Waals surface area contributed by atoms with Crippen LogP contribution in [0.4, 0.5) is 4.39 Å². The Kier molecular flexibility index (Phi) is 7.25. The number of amides is 1. The Morgan fingerprint density at radius 1 is 1.09 bits per heavy atom. The highest BCUT2D eigenvalue weighted by molar-refractivity contribution is 5.87. The maximum atomic E-state index is 13.3. The van der Waals surface area contributed by atoms with Gasteiger partial charge in [-0.25, -0.2) is 13.9 Å². The first-order valence-corrected chi connectivity index (χ1v) is 10.2. The largest absolute Gasteiger partial charge is 0.497 e. The van der Waals surface area contributed by atoms with E-state index in [1.165, 1.54) is 12.1 Å². The van der Waals surface area contributed by atoms with Gasteiger partial charge in [0.2, 0.25) is 5.91 Å². The Morgan fingerprint density at radius 3 is 2.34 bits per heavy atom. The van der Waals surface area contributed by atoms with Gasteiger partial charge < -0.3 is 14.8 Å². The van der Waals surface area contributed by atoms with Gasteiger partial charge in [-0.05, 0) is 62.7 Å². The van der Waals surface area contributed by atoms with Crippen LogP contribution in [-0.2, 0) is 20.7 Å². The molecular weight excluding hydrogens is 413 g/mol. The molecule has 7 nitrogen and oxygen atoms in total. The molecule has 0 fully saturated rings. The molecule has 0 aliphatic rings. The van der Waals surface area contributed by atoms with E-state index in [0.717, 1.165) is 5.56 Å². The number of benzene rings is 2. The van der Waals surface area contributed by atoms with Crippen molar-refractivity contribution in [3.63, 3.8) is 0 Å². The zero-order valence-corrected chi connectivity index (χ0v) is 18.5. The molecule has 1 heterocycles. The number of rotatable bonds is 8. The van der Waals surface area contributed by atoms with Gasteiger partial charge >= 0.3 is 5.97 Å². The fourth-order valence-electron chi connectivity index (χ4n) is 3.52. The molecule has 0 aliphatic heterocycles. The lowest BCUT2D eigenvalue weighted by Crippen LogP contribution is -2.36. The summed E-state index contributed by atoms with van der Waals surface area (Å²) in [6, 6.07) is 12.0. The highest BCUT2D eigenvalue weighted by Crippen LogP contribution is 2.26. The lowest BCUT2D eigenvalue weighted by Gasteiger charge is -2.18. The van der Waals surface area contributed by atoms with Gasteiger partial charge in [-0.2, -0.15) is 5.10 Å². The molecule has 0 aliphatic carbocycles. The van der Waals surface area contributed by atoms with Crippen LogP contribution in [0, 0.1) is 19.7 Å². The van der Waals surface area contributed by atoms with Crippen LogP contribution in [0.5, 0.6) is 5.75 Å². The van der Waals surface area contributed by atoms with E-state index in [9.17, 15) is 14.0 Å². The molecule has 3 rings (SSSR count). The summed E-state index contributed by atoms with van der Waals surface area (Å²) in [6.45, 7) is 5.43. The third-order valence-corrected chi connectivity index (χ3v) is 5.06. The average molecular weight is 439 g/mol. The van der Waals surface area contributed by atoms with Crippen molar-refractivity contribution in [3.8, 4) is 11.4 Å². The van der Waals surface area contributed by atoms with Crippen LogP contribution in [0.2, 0.25) is 0 Å². The van der Waals surface area contributed by atoms with Gasteiger partial charge in [0.15, 0.2) is 6.04 Å². The highest BCUT2D eigenvalue weighted by Gasteiger charge is 2.30. The summed E-state index contributed by atoms with van der Waals surface area (Å²) in [5, 5.41) is 7.30. The molecule has 0 radical (unpaired) electrons. The predicted molar refractivity (Wildman–Crippen MR) is 117 cm³/mol. The minimum Gasteiger partial charge on any atom is -0.497 e. The first-order valence-electron chi connectivity index (χ1n) is 10.2. The van der Waals surface area contributed by atoms with Gasteiger partial charge in [-0.1, -0.05) is 12.1 Å². The van der Waals surface area contributed by atoms with Crippen molar-refractivity contribution in [3.05, 3.63) is 76.9 Å². The van der Waals surface area contributed by atoms with Crippen molar-refractivity contribution in [1.82, 2.24) is 15.1 Å². The number of esters is 1. The third-order valence-electron chi connectivity index (χ3n) is 5.06. The fourth-order valence-corrected chi connectivity index (χ4v) is 3.52. The summed E-state index contributed by atoms with van der Waals surface area (Å²) in [5.74, 6) is -0.564. The molecule has 1 amide bonds. The normalized spacial score (nSPS) is 11.7. The second-order valence-electron chi connectivity index (χ2n) is 7.25. The number of carbonyl (C=O) groups excluding carboxylic acids is 2. The molecule has 3 aromatic rings. The number of hydrogen-bond donors (Lipinski definition) is 1. The maximum absolute atomic E-state index is 13.3. The van der Waals surface area contributed by atoms with Crippen LogP contribution in [-0.4, -0.2) is 35.4 Å². The Labute approximate surface area is 186 Å². The van der Waals surface area contributed by atoms with Gasteiger partial charge in [0.05, 0.1) is 31.5 Å². The average Bonchev–Trinajstić information content (AvgIpc) is 3.07. The van der Waals surface area contributed by atoms with Crippen LogP contribution >= 0.6 is 0 Å². The van der Waals surface area contributed by atoms with Crippen LogP contribution < -0.4 is 10.1 Å². The van der Waals surface area contributed by atoms with Gasteiger partial charge in [-0.15, -0.1) is 0 Å². The lowest BCUT2D eigenvalue weighted by molar-refractivity contribution is -0.147. The topological polar surface area (TPSA) is 82.4 Å². The Hall–Kier alpha value is -3.68. The van der Waals surface area contributed by atoms with Gasteiger partial charge in [0, 0.05) is 11.3 Å². The van der Waals surface area contributed by atoms with Crippen molar-refractivity contribution in [2.24, 2.45) is 0 Å². The molecule has 168 valence electrons.